The molecule has 2 saturated carbocycles. The molecule has 0 N–H and O–H groups in total. The van der Waals surface area contributed by atoms with Crippen LogP contribution in [0.5, 0.6) is 0 Å². The number of benzene rings is 2. The molecule has 0 bridgehead atoms. The predicted octanol–water partition coefficient (Wildman–Crippen LogP) is 4.54. The highest BCUT2D eigenvalue weighted by molar-refractivity contribution is 6.16. The van der Waals surface area contributed by atoms with Crippen LogP contribution in [-0.2, 0) is 9.59 Å². The third-order valence-electron chi connectivity index (χ3n) is 7.76. The number of nitrogens with zero attached hydrogens (tertiary/aromatic N) is 3. The maximum atomic E-state index is 15.5. The molecule has 2 aliphatic heterocycles. The Bertz CT molecular complexity index is 1430. The van der Waals surface area contributed by atoms with Gasteiger partial charge >= 0.3 is 0 Å². The van der Waals surface area contributed by atoms with Gasteiger partial charge in [-0.3, -0.25) is 19.5 Å². The van der Waals surface area contributed by atoms with Crippen LogP contribution in [0.25, 0.3) is 22.1 Å². The topological polar surface area (TPSA) is 66.1 Å². The molecule has 7 heteroatoms. The van der Waals surface area contributed by atoms with Crippen molar-refractivity contribution in [2.24, 2.45) is 16.8 Å². The average Bonchev–Trinajstić information content (AvgIpc) is 3.72. The van der Waals surface area contributed by atoms with Gasteiger partial charge in [0.2, 0.25) is 5.91 Å². The first kappa shape index (κ1) is 20.9. The van der Waals surface area contributed by atoms with E-state index in [1.807, 2.05) is 42.2 Å². The third kappa shape index (κ3) is 3.39. The van der Waals surface area contributed by atoms with Crippen LogP contribution in [0.1, 0.15) is 37.0 Å². The molecule has 3 fully saturated rings. The van der Waals surface area contributed by atoms with Gasteiger partial charge in [-0.15, -0.1) is 0 Å². The van der Waals surface area contributed by atoms with E-state index < -0.39 is 5.54 Å². The summed E-state index contributed by atoms with van der Waals surface area (Å²) < 4.78 is 21.1. The zero-order chi connectivity index (χ0) is 23.9. The van der Waals surface area contributed by atoms with Gasteiger partial charge in [0.25, 0.3) is 5.91 Å². The number of rotatable bonds is 5. The first-order valence-electron chi connectivity index (χ1n) is 12.4. The molecule has 4 aliphatic rings. The van der Waals surface area contributed by atoms with Gasteiger partial charge in [0.05, 0.1) is 5.56 Å². The molecule has 6 nitrogen and oxygen atoms in total. The lowest BCUT2D eigenvalue weighted by Gasteiger charge is -2.41. The second-order valence-corrected chi connectivity index (χ2v) is 10.6. The van der Waals surface area contributed by atoms with Crippen LogP contribution in [0.3, 0.4) is 0 Å². The van der Waals surface area contributed by atoms with Gasteiger partial charge in [-0.05, 0) is 74.1 Å². The lowest BCUT2D eigenvalue weighted by atomic mass is 9.97. The van der Waals surface area contributed by atoms with E-state index in [1.54, 1.807) is 11.0 Å². The van der Waals surface area contributed by atoms with Gasteiger partial charge in [0.15, 0.2) is 0 Å². The molecule has 2 aromatic carbocycles. The molecule has 3 aromatic rings. The maximum Gasteiger partial charge on any atom is 0.256 e. The van der Waals surface area contributed by atoms with E-state index in [9.17, 15) is 9.59 Å². The summed E-state index contributed by atoms with van der Waals surface area (Å²) >= 11 is 0. The number of aliphatic imine (C=N–C) groups is 1. The molecule has 1 aromatic heterocycles. The fourth-order valence-corrected chi connectivity index (χ4v) is 5.42. The minimum Gasteiger partial charge on any atom is -0.461 e. The number of carbonyl (C=O) groups is 2. The van der Waals surface area contributed by atoms with Crippen LogP contribution in [0.4, 0.5) is 4.39 Å². The Kier molecular flexibility index (Phi) is 4.33. The van der Waals surface area contributed by atoms with Crippen LogP contribution in [0.15, 0.2) is 51.9 Å². The van der Waals surface area contributed by atoms with E-state index >= 15 is 4.39 Å². The van der Waals surface area contributed by atoms with Gasteiger partial charge in [-0.1, -0.05) is 12.1 Å². The maximum absolute atomic E-state index is 15.5. The summed E-state index contributed by atoms with van der Waals surface area (Å²) in [7, 11) is 0. The molecule has 0 atom stereocenters. The van der Waals surface area contributed by atoms with Gasteiger partial charge in [-0.25, -0.2) is 4.39 Å². The van der Waals surface area contributed by atoms with Crippen molar-refractivity contribution >= 4 is 28.6 Å². The van der Waals surface area contributed by atoms with Crippen LogP contribution in [0.2, 0.25) is 0 Å². The molecule has 35 heavy (non-hydrogen) atoms. The van der Waals surface area contributed by atoms with E-state index in [0.717, 1.165) is 40.7 Å². The molecule has 1 spiro atoms. The van der Waals surface area contributed by atoms with E-state index in [2.05, 4.69) is 0 Å². The summed E-state index contributed by atoms with van der Waals surface area (Å²) in [5.41, 5.74) is 2.13. The number of hydrogen-bond donors (Lipinski definition) is 0. The summed E-state index contributed by atoms with van der Waals surface area (Å²) in [6.45, 7) is 3.71. The second kappa shape index (κ2) is 7.26. The van der Waals surface area contributed by atoms with Crippen LogP contribution in [0, 0.1) is 24.6 Å². The molecular weight excluding hydrogens is 445 g/mol. The number of fused-ring (bicyclic) bond motifs is 1. The number of aryl methyl sites for hydroxylation is 1. The van der Waals surface area contributed by atoms with E-state index in [0.29, 0.717) is 43.9 Å². The highest BCUT2D eigenvalue weighted by Crippen LogP contribution is 2.46. The molecule has 2 amide bonds. The average molecular weight is 472 g/mol. The molecule has 7 rings (SSSR count). The van der Waals surface area contributed by atoms with Gasteiger partial charge in [0, 0.05) is 36.9 Å². The quantitative estimate of drug-likeness (QED) is 0.549. The Morgan fingerprint density at radius 2 is 1.86 bits per heavy atom. The molecular formula is C28H26FN3O3. The van der Waals surface area contributed by atoms with E-state index in [4.69, 9.17) is 9.41 Å². The van der Waals surface area contributed by atoms with Crippen molar-refractivity contribution in [3.8, 4) is 11.1 Å². The monoisotopic (exact) mass is 471 g/mol. The van der Waals surface area contributed by atoms with Crippen molar-refractivity contribution < 1.29 is 18.4 Å². The van der Waals surface area contributed by atoms with Crippen molar-refractivity contribution in [3.63, 3.8) is 0 Å². The van der Waals surface area contributed by atoms with Gasteiger partial charge in [0.1, 0.15) is 28.5 Å². The number of carbonyl (C=O) groups excluding carboxylic acids is 2. The summed E-state index contributed by atoms with van der Waals surface area (Å²) in [5, 5.41) is 0.979. The largest absolute Gasteiger partial charge is 0.461 e. The summed E-state index contributed by atoms with van der Waals surface area (Å²) in [4.78, 5) is 33.8. The van der Waals surface area contributed by atoms with E-state index in [-0.39, 0.29) is 29.5 Å². The van der Waals surface area contributed by atoms with Crippen LogP contribution in [-0.4, -0.2) is 52.6 Å². The normalized spacial score (nSPS) is 21.1. The Morgan fingerprint density at radius 1 is 1.11 bits per heavy atom. The van der Waals surface area contributed by atoms with Gasteiger partial charge < -0.3 is 9.32 Å². The number of likely N-dealkylation sites (tertiary alicyclic amines) is 1. The lowest BCUT2D eigenvalue weighted by molar-refractivity contribution is -0.139. The van der Waals surface area contributed by atoms with Crippen molar-refractivity contribution in [1.82, 2.24) is 9.80 Å². The van der Waals surface area contributed by atoms with Crippen LogP contribution >= 0.6 is 0 Å². The zero-order valence-electron chi connectivity index (χ0n) is 19.6. The molecule has 0 unspecified atom stereocenters. The smallest absolute Gasteiger partial charge is 0.256 e. The molecule has 3 heterocycles. The SMILES string of the molecule is Cc1cc2cc(-c3ccc(C4=NC5(CC5)C(=O)N4CC4CN(C(=O)C5CC5)C4)c(F)c3)ccc2o1. The number of halogens is 1. The fourth-order valence-electron chi connectivity index (χ4n) is 5.42. The minimum absolute atomic E-state index is 0.0243. The Labute approximate surface area is 202 Å². The predicted molar refractivity (Wildman–Crippen MR) is 129 cm³/mol. The Morgan fingerprint density at radius 3 is 2.57 bits per heavy atom. The number of amidine groups is 1. The Balaban J connectivity index is 1.14. The van der Waals surface area contributed by atoms with Crippen molar-refractivity contribution in [2.45, 2.75) is 38.1 Å². The van der Waals surface area contributed by atoms with Gasteiger partial charge in [-0.2, -0.15) is 0 Å². The highest BCUT2D eigenvalue weighted by Gasteiger charge is 2.58. The number of amides is 2. The molecule has 2 aliphatic carbocycles. The summed E-state index contributed by atoms with van der Waals surface area (Å²) in [6, 6.07) is 12.9. The second-order valence-electron chi connectivity index (χ2n) is 10.6. The number of furan rings is 1. The summed E-state index contributed by atoms with van der Waals surface area (Å²) in [5.74, 6) is 1.51. The minimum atomic E-state index is -0.697. The highest BCUT2D eigenvalue weighted by atomic mass is 19.1. The molecule has 178 valence electrons. The molecule has 1 saturated heterocycles. The van der Waals surface area contributed by atoms with E-state index in [1.165, 1.54) is 6.07 Å². The lowest BCUT2D eigenvalue weighted by Crippen LogP contribution is -2.55. The first-order valence-corrected chi connectivity index (χ1v) is 12.4. The summed E-state index contributed by atoms with van der Waals surface area (Å²) in [6.07, 6.45) is 3.42. The molecule has 0 radical (unpaired) electrons. The van der Waals surface area contributed by atoms with Crippen molar-refractivity contribution in [2.75, 3.05) is 19.6 Å². The Hall–Kier alpha value is -3.48. The standard InChI is InChI=1S/C28H26FN3O3/c1-16-10-21-11-19(5-7-24(21)35-16)20-4-6-22(23(29)12-20)25-30-28(8-9-28)27(34)32(25)15-17-13-31(14-17)26(33)18-2-3-18/h4-7,10-12,17-18H,2-3,8-9,13-15H2,1H3. The van der Waals surface area contributed by atoms with Crippen molar-refractivity contribution in [1.29, 1.82) is 0 Å². The van der Waals surface area contributed by atoms with Crippen molar-refractivity contribution in [3.05, 3.63) is 59.6 Å². The zero-order valence-corrected chi connectivity index (χ0v) is 19.6. The third-order valence-corrected chi connectivity index (χ3v) is 7.76. The van der Waals surface area contributed by atoms with Crippen LogP contribution < -0.4 is 0 Å². The number of hydrogen-bond acceptors (Lipinski definition) is 4. The first-order chi connectivity index (χ1) is 16.9. The fraction of sp³-hybridized carbons (Fsp3) is 0.393.